The molecule has 4 rings (SSSR count). The largest absolute Gasteiger partial charge is 0.300 e. The number of ketones is 1. The highest BCUT2D eigenvalue weighted by Gasteiger charge is 2.15. The second-order valence-corrected chi connectivity index (χ2v) is 7.46. The van der Waals surface area contributed by atoms with Crippen molar-refractivity contribution in [1.82, 2.24) is 19.2 Å². The Labute approximate surface area is 165 Å². The Bertz CT molecular complexity index is 1230. The second-order valence-electron chi connectivity index (χ2n) is 6.52. The molecular weight excluding hydrogens is 372 g/mol. The first-order chi connectivity index (χ1) is 13.5. The smallest absolute Gasteiger partial charge is 0.293 e. The van der Waals surface area contributed by atoms with E-state index >= 15 is 0 Å². The maximum absolute atomic E-state index is 12.7. The quantitative estimate of drug-likeness (QED) is 0.385. The van der Waals surface area contributed by atoms with E-state index in [2.05, 4.69) is 10.2 Å². The van der Waals surface area contributed by atoms with E-state index in [1.165, 1.54) is 16.3 Å². The number of fused-ring (bicyclic) bond motifs is 1. The summed E-state index contributed by atoms with van der Waals surface area (Å²) in [6.45, 7) is 3.93. The van der Waals surface area contributed by atoms with Crippen molar-refractivity contribution in [2.24, 2.45) is 0 Å². The summed E-state index contributed by atoms with van der Waals surface area (Å²) < 4.78 is 3.15. The molecule has 4 aromatic rings. The lowest BCUT2D eigenvalue weighted by atomic mass is 10.0. The molecule has 0 fully saturated rings. The fourth-order valence-corrected chi connectivity index (χ4v) is 3.89. The lowest BCUT2D eigenvalue weighted by Gasteiger charge is -2.07. The molecule has 0 unspecified atom stereocenters. The van der Waals surface area contributed by atoms with Crippen molar-refractivity contribution in [1.29, 1.82) is 0 Å². The van der Waals surface area contributed by atoms with Crippen LogP contribution >= 0.6 is 11.8 Å². The van der Waals surface area contributed by atoms with Gasteiger partial charge in [0.15, 0.2) is 10.9 Å². The van der Waals surface area contributed by atoms with E-state index in [4.69, 9.17) is 0 Å². The fraction of sp³-hybridized carbons (Fsp3) is 0.143. The number of Topliss-reactive ketones (excluding diaryl/α,β-unsaturated/α-hetero) is 1. The highest BCUT2D eigenvalue weighted by atomic mass is 32.2. The van der Waals surface area contributed by atoms with Crippen LogP contribution in [-0.2, 0) is 0 Å². The fourth-order valence-electron chi connectivity index (χ4n) is 3.09. The van der Waals surface area contributed by atoms with Gasteiger partial charge in [-0.3, -0.25) is 18.6 Å². The summed E-state index contributed by atoms with van der Waals surface area (Å²) in [5, 5.41) is 8.65. The topological polar surface area (TPSA) is 69.3 Å². The maximum Gasteiger partial charge on any atom is 0.300 e. The number of rotatable bonds is 5. The maximum atomic E-state index is 12.7. The SMILES string of the molecule is Cc1ccc(C(=O)CSc2nnc3c(=O)n(-c4ccccc4)ccn23)c(C)c1. The van der Waals surface area contributed by atoms with Crippen molar-refractivity contribution < 1.29 is 4.79 Å². The van der Waals surface area contributed by atoms with Crippen molar-refractivity contribution in [2.75, 3.05) is 5.75 Å². The van der Waals surface area contributed by atoms with E-state index in [0.29, 0.717) is 10.7 Å². The number of para-hydroxylation sites is 1. The summed E-state index contributed by atoms with van der Waals surface area (Å²) in [6, 6.07) is 15.1. The number of benzene rings is 2. The number of carbonyl (C=O) groups excluding carboxylic acids is 1. The van der Waals surface area contributed by atoms with E-state index in [9.17, 15) is 9.59 Å². The van der Waals surface area contributed by atoms with Gasteiger partial charge < -0.3 is 0 Å². The number of hydrogen-bond donors (Lipinski definition) is 0. The zero-order valence-electron chi connectivity index (χ0n) is 15.5. The van der Waals surface area contributed by atoms with Crippen LogP contribution in [0.1, 0.15) is 21.5 Å². The van der Waals surface area contributed by atoms with Gasteiger partial charge in [0.2, 0.25) is 5.65 Å². The lowest BCUT2D eigenvalue weighted by molar-refractivity contribution is 0.102. The molecule has 0 saturated carbocycles. The predicted octanol–water partition coefficient (Wildman–Crippen LogP) is 3.47. The zero-order valence-corrected chi connectivity index (χ0v) is 16.3. The Kier molecular flexibility index (Phi) is 4.83. The molecule has 2 heterocycles. The van der Waals surface area contributed by atoms with Crippen LogP contribution in [0.2, 0.25) is 0 Å². The molecule has 2 aromatic heterocycles. The number of thioether (sulfide) groups is 1. The van der Waals surface area contributed by atoms with Crippen LogP contribution in [0, 0.1) is 13.8 Å². The lowest BCUT2D eigenvalue weighted by Crippen LogP contribution is -2.20. The first-order valence-corrected chi connectivity index (χ1v) is 9.78. The van der Waals surface area contributed by atoms with E-state index < -0.39 is 0 Å². The van der Waals surface area contributed by atoms with E-state index in [-0.39, 0.29) is 22.7 Å². The number of aryl methyl sites for hydroxylation is 2. The summed E-state index contributed by atoms with van der Waals surface area (Å²) in [5.41, 5.74) is 3.53. The first-order valence-electron chi connectivity index (χ1n) is 8.79. The normalized spacial score (nSPS) is 11.1. The molecule has 0 bridgehead atoms. The zero-order chi connectivity index (χ0) is 19.7. The van der Waals surface area contributed by atoms with Gasteiger partial charge in [-0.2, -0.15) is 0 Å². The molecule has 0 aliphatic rings. The van der Waals surface area contributed by atoms with E-state index in [1.807, 2.05) is 62.4 Å². The molecular formula is C21H18N4O2S. The third-order valence-electron chi connectivity index (χ3n) is 4.49. The van der Waals surface area contributed by atoms with Crippen LogP contribution < -0.4 is 5.56 Å². The minimum absolute atomic E-state index is 0.0249. The van der Waals surface area contributed by atoms with E-state index in [0.717, 1.165) is 16.8 Å². The van der Waals surface area contributed by atoms with Gasteiger partial charge >= 0.3 is 5.56 Å². The van der Waals surface area contributed by atoms with Gasteiger partial charge in [-0.1, -0.05) is 53.7 Å². The van der Waals surface area contributed by atoms with Gasteiger partial charge in [-0.05, 0) is 31.5 Å². The monoisotopic (exact) mass is 390 g/mol. The summed E-state index contributed by atoms with van der Waals surface area (Å²) in [5.74, 6) is 0.254. The van der Waals surface area contributed by atoms with Gasteiger partial charge in [-0.25, -0.2) is 0 Å². The highest BCUT2D eigenvalue weighted by Crippen LogP contribution is 2.19. The molecule has 0 spiro atoms. The summed E-state index contributed by atoms with van der Waals surface area (Å²) in [4.78, 5) is 25.3. The van der Waals surface area contributed by atoms with Crippen molar-refractivity contribution in [3.63, 3.8) is 0 Å². The average molecular weight is 390 g/mol. The molecule has 6 nitrogen and oxygen atoms in total. The van der Waals surface area contributed by atoms with Gasteiger partial charge in [-0.15, -0.1) is 10.2 Å². The van der Waals surface area contributed by atoms with Crippen molar-refractivity contribution >= 4 is 23.2 Å². The summed E-state index contributed by atoms with van der Waals surface area (Å²) >= 11 is 1.27. The van der Waals surface area contributed by atoms with Gasteiger partial charge in [0.25, 0.3) is 0 Å². The predicted molar refractivity (Wildman–Crippen MR) is 110 cm³/mol. The van der Waals surface area contributed by atoms with Crippen LogP contribution in [0.5, 0.6) is 0 Å². The van der Waals surface area contributed by atoms with Gasteiger partial charge in [0.1, 0.15) is 0 Å². The third-order valence-corrected chi connectivity index (χ3v) is 5.43. The highest BCUT2D eigenvalue weighted by molar-refractivity contribution is 7.99. The van der Waals surface area contributed by atoms with E-state index in [1.54, 1.807) is 16.8 Å². The third kappa shape index (κ3) is 3.36. The minimum atomic E-state index is -0.256. The van der Waals surface area contributed by atoms with Gasteiger partial charge in [0, 0.05) is 23.6 Å². The molecule has 0 aliphatic heterocycles. The van der Waals surface area contributed by atoms with Crippen LogP contribution in [-0.4, -0.2) is 30.7 Å². The van der Waals surface area contributed by atoms with Crippen LogP contribution in [0.15, 0.2) is 70.9 Å². The molecule has 0 aliphatic carbocycles. The average Bonchev–Trinajstić information content (AvgIpc) is 3.11. The van der Waals surface area contributed by atoms with Crippen LogP contribution in [0.3, 0.4) is 0 Å². The molecule has 2 aromatic carbocycles. The van der Waals surface area contributed by atoms with Gasteiger partial charge in [0.05, 0.1) is 5.75 Å². The standard InChI is InChI=1S/C21H18N4O2S/c1-14-8-9-17(15(2)12-14)18(26)13-28-21-23-22-19-20(27)24(10-11-25(19)21)16-6-4-3-5-7-16/h3-12H,13H2,1-2H3. The molecule has 28 heavy (non-hydrogen) atoms. The Morgan fingerprint density at radius 3 is 2.57 bits per heavy atom. The molecule has 0 N–H and O–H groups in total. The number of carbonyl (C=O) groups is 1. The molecule has 0 amide bonds. The Morgan fingerprint density at radius 1 is 1.04 bits per heavy atom. The van der Waals surface area contributed by atoms with Crippen molar-refractivity contribution in [3.05, 3.63) is 88.0 Å². The number of aromatic nitrogens is 4. The first kappa shape index (κ1) is 18.2. The number of hydrogen-bond acceptors (Lipinski definition) is 5. The summed E-state index contributed by atoms with van der Waals surface area (Å²) in [6.07, 6.45) is 3.43. The Morgan fingerprint density at radius 2 is 1.82 bits per heavy atom. The van der Waals surface area contributed by atoms with Crippen LogP contribution in [0.4, 0.5) is 0 Å². The molecule has 7 heteroatoms. The Balaban J connectivity index is 1.59. The number of nitrogens with zero attached hydrogens (tertiary/aromatic N) is 4. The Hall–Kier alpha value is -3.19. The molecule has 0 atom stereocenters. The van der Waals surface area contributed by atoms with Crippen LogP contribution in [0.25, 0.3) is 11.3 Å². The minimum Gasteiger partial charge on any atom is -0.293 e. The molecule has 0 radical (unpaired) electrons. The summed E-state index contributed by atoms with van der Waals surface area (Å²) in [7, 11) is 0. The second kappa shape index (κ2) is 7.44. The van der Waals surface area contributed by atoms with Crippen molar-refractivity contribution in [2.45, 2.75) is 19.0 Å². The molecule has 0 saturated heterocycles. The molecule has 140 valence electrons. The van der Waals surface area contributed by atoms with Crippen molar-refractivity contribution in [3.8, 4) is 5.69 Å².